The van der Waals surface area contributed by atoms with E-state index < -0.39 is 0 Å². The van der Waals surface area contributed by atoms with E-state index in [2.05, 4.69) is 37.1 Å². The smallest absolute Gasteiger partial charge is 0.258 e. The highest BCUT2D eigenvalue weighted by molar-refractivity contribution is 7.09. The van der Waals surface area contributed by atoms with Crippen LogP contribution in [0.1, 0.15) is 20.9 Å². The Hall–Kier alpha value is -3.39. The number of nitrogens with one attached hydrogen (secondary N) is 1. The highest BCUT2D eigenvalue weighted by atomic mass is 32.1. The zero-order chi connectivity index (χ0) is 19.1. The lowest BCUT2D eigenvalue weighted by Crippen LogP contribution is -2.28. The third-order valence-electron chi connectivity index (χ3n) is 4.87. The molecule has 0 radical (unpaired) electrons. The quantitative estimate of drug-likeness (QED) is 0.580. The van der Waals surface area contributed by atoms with Gasteiger partial charge in [0, 0.05) is 34.3 Å². The molecule has 0 aliphatic carbocycles. The summed E-state index contributed by atoms with van der Waals surface area (Å²) in [6.45, 7) is 2.69. The number of aromatic nitrogens is 5. The maximum Gasteiger partial charge on any atom is 0.258 e. The number of carbonyl (C=O) groups is 1. The number of H-pyrrole nitrogens is 1. The molecule has 28 heavy (non-hydrogen) atoms. The topological polar surface area (TPSA) is 87.7 Å². The molecule has 1 N–H and O–H groups in total. The zero-order valence-electron chi connectivity index (χ0n) is 15.1. The second-order valence-corrected chi connectivity index (χ2v) is 7.68. The van der Waals surface area contributed by atoms with Crippen molar-refractivity contribution in [3.8, 4) is 22.6 Å². The number of hydrogen-bond donors (Lipinski definition) is 1. The molecule has 5 rings (SSSR count). The van der Waals surface area contributed by atoms with Gasteiger partial charge in [0.1, 0.15) is 0 Å². The molecule has 0 bridgehead atoms. The van der Waals surface area contributed by atoms with Crippen LogP contribution in [0.2, 0.25) is 0 Å². The van der Waals surface area contributed by atoms with Crippen molar-refractivity contribution in [2.75, 3.05) is 11.4 Å². The summed E-state index contributed by atoms with van der Waals surface area (Å²) in [4.78, 5) is 19.4. The molecule has 0 unspecified atom stereocenters. The van der Waals surface area contributed by atoms with E-state index >= 15 is 0 Å². The fourth-order valence-corrected chi connectivity index (χ4v) is 4.09. The number of thiazole rings is 1. The Bertz CT molecular complexity index is 1150. The number of tetrazole rings is 1. The first-order valence-corrected chi connectivity index (χ1v) is 9.78. The number of anilines is 1. The number of carbonyl (C=O) groups excluding carboxylic acids is 1. The number of amides is 1. The van der Waals surface area contributed by atoms with E-state index in [1.807, 2.05) is 36.1 Å². The zero-order valence-corrected chi connectivity index (χ0v) is 15.9. The molecular weight excluding hydrogens is 372 g/mol. The summed E-state index contributed by atoms with van der Waals surface area (Å²) < 4.78 is 0. The van der Waals surface area contributed by atoms with Crippen molar-refractivity contribution in [3.05, 3.63) is 64.0 Å². The van der Waals surface area contributed by atoms with Crippen molar-refractivity contribution in [2.24, 2.45) is 0 Å². The minimum absolute atomic E-state index is 0.00401. The average Bonchev–Trinajstić information content (AvgIpc) is 3.47. The van der Waals surface area contributed by atoms with Gasteiger partial charge < -0.3 is 4.90 Å². The highest BCUT2D eigenvalue weighted by Gasteiger charge is 2.26. The average molecular weight is 388 g/mol. The summed E-state index contributed by atoms with van der Waals surface area (Å²) >= 11 is 1.64. The number of rotatable bonds is 3. The van der Waals surface area contributed by atoms with Crippen molar-refractivity contribution in [2.45, 2.75) is 13.3 Å². The largest absolute Gasteiger partial charge is 0.308 e. The van der Waals surface area contributed by atoms with Gasteiger partial charge in [0.05, 0.1) is 10.7 Å². The maximum atomic E-state index is 13.0. The molecule has 0 fully saturated rings. The molecule has 7 nitrogen and oxygen atoms in total. The molecule has 138 valence electrons. The highest BCUT2D eigenvalue weighted by Crippen LogP contribution is 2.33. The van der Waals surface area contributed by atoms with E-state index in [1.54, 1.807) is 23.5 Å². The van der Waals surface area contributed by atoms with Gasteiger partial charge in [0.2, 0.25) is 5.82 Å². The Labute approximate surface area is 165 Å². The van der Waals surface area contributed by atoms with Gasteiger partial charge in [0.15, 0.2) is 0 Å². The number of aryl methyl sites for hydroxylation is 1. The Balaban J connectivity index is 1.40. The number of nitrogens with zero attached hydrogens (tertiary/aromatic N) is 5. The van der Waals surface area contributed by atoms with Crippen molar-refractivity contribution >= 4 is 22.9 Å². The van der Waals surface area contributed by atoms with Crippen LogP contribution in [-0.4, -0.2) is 38.1 Å². The van der Waals surface area contributed by atoms with Gasteiger partial charge in [-0.2, -0.15) is 5.21 Å². The van der Waals surface area contributed by atoms with E-state index in [4.69, 9.17) is 0 Å². The van der Waals surface area contributed by atoms with Crippen LogP contribution in [0.3, 0.4) is 0 Å². The number of aromatic amines is 1. The van der Waals surface area contributed by atoms with Gasteiger partial charge in [-0.05, 0) is 48.4 Å². The molecule has 0 atom stereocenters. The summed E-state index contributed by atoms with van der Waals surface area (Å²) in [5.41, 5.74) is 5.70. The van der Waals surface area contributed by atoms with Crippen LogP contribution in [0.4, 0.5) is 5.69 Å². The number of hydrogen-bond acceptors (Lipinski definition) is 6. The van der Waals surface area contributed by atoms with Crippen LogP contribution < -0.4 is 4.90 Å². The van der Waals surface area contributed by atoms with Gasteiger partial charge in [-0.25, -0.2) is 4.98 Å². The first-order valence-electron chi connectivity index (χ1n) is 8.90. The molecule has 0 spiro atoms. The third-order valence-corrected chi connectivity index (χ3v) is 5.64. The second kappa shape index (κ2) is 6.65. The van der Waals surface area contributed by atoms with Gasteiger partial charge in [-0.3, -0.25) is 4.79 Å². The Morgan fingerprint density at radius 1 is 1.14 bits per heavy atom. The van der Waals surface area contributed by atoms with Crippen LogP contribution in [0.5, 0.6) is 0 Å². The lowest BCUT2D eigenvalue weighted by atomic mass is 10.1. The molecule has 1 aliphatic rings. The molecule has 2 aromatic carbocycles. The van der Waals surface area contributed by atoms with Crippen LogP contribution in [0.25, 0.3) is 22.6 Å². The third kappa shape index (κ3) is 2.87. The van der Waals surface area contributed by atoms with Crippen molar-refractivity contribution in [1.29, 1.82) is 0 Å². The Kier molecular flexibility index (Phi) is 3.98. The minimum Gasteiger partial charge on any atom is -0.308 e. The normalized spacial score (nSPS) is 13.0. The van der Waals surface area contributed by atoms with E-state index in [9.17, 15) is 4.79 Å². The van der Waals surface area contributed by atoms with Gasteiger partial charge in [-0.15, -0.1) is 21.5 Å². The van der Waals surface area contributed by atoms with Crippen LogP contribution >= 0.6 is 11.3 Å². The fourth-order valence-electron chi connectivity index (χ4n) is 3.47. The number of benzene rings is 2. The summed E-state index contributed by atoms with van der Waals surface area (Å²) in [5.74, 6) is 0.506. The molecule has 0 saturated carbocycles. The van der Waals surface area contributed by atoms with Crippen molar-refractivity contribution < 1.29 is 4.79 Å². The number of fused-ring (bicyclic) bond motifs is 1. The predicted octanol–water partition coefficient (Wildman–Crippen LogP) is 3.50. The van der Waals surface area contributed by atoms with Crippen LogP contribution in [-0.2, 0) is 6.42 Å². The minimum atomic E-state index is -0.00401. The van der Waals surface area contributed by atoms with Gasteiger partial charge in [0.25, 0.3) is 5.91 Å². The Morgan fingerprint density at radius 3 is 2.68 bits per heavy atom. The summed E-state index contributed by atoms with van der Waals surface area (Å²) in [5, 5.41) is 17.0. The molecule has 8 heteroatoms. The summed E-state index contributed by atoms with van der Waals surface area (Å²) in [7, 11) is 0. The van der Waals surface area contributed by atoms with Crippen molar-refractivity contribution in [3.63, 3.8) is 0 Å². The van der Waals surface area contributed by atoms with Crippen LogP contribution in [0, 0.1) is 6.92 Å². The molecular formula is C20H16N6OS. The molecule has 3 heterocycles. The van der Waals surface area contributed by atoms with E-state index in [0.29, 0.717) is 17.9 Å². The first-order chi connectivity index (χ1) is 13.7. The Morgan fingerprint density at radius 2 is 1.96 bits per heavy atom. The molecule has 1 aliphatic heterocycles. The van der Waals surface area contributed by atoms with Gasteiger partial charge >= 0.3 is 0 Å². The molecule has 2 aromatic heterocycles. The maximum absolute atomic E-state index is 13.0. The first kappa shape index (κ1) is 16.8. The molecule has 0 saturated heterocycles. The van der Waals surface area contributed by atoms with E-state index in [1.165, 1.54) is 5.56 Å². The monoisotopic (exact) mass is 388 g/mol. The van der Waals surface area contributed by atoms with E-state index in [-0.39, 0.29) is 5.91 Å². The summed E-state index contributed by atoms with van der Waals surface area (Å²) in [6.07, 6.45) is 0.846. The lowest BCUT2D eigenvalue weighted by molar-refractivity contribution is 0.0989. The molecule has 1 amide bonds. The predicted molar refractivity (Wildman–Crippen MR) is 107 cm³/mol. The van der Waals surface area contributed by atoms with Gasteiger partial charge in [-0.1, -0.05) is 18.2 Å². The van der Waals surface area contributed by atoms with Crippen molar-refractivity contribution in [1.82, 2.24) is 25.6 Å². The second-order valence-electron chi connectivity index (χ2n) is 6.61. The van der Waals surface area contributed by atoms with E-state index in [0.717, 1.165) is 33.9 Å². The standard InChI is InChI=1S/C20H16N6OS/c1-12-21-17(11-28-12)15-6-7-18-16(10-15)8-9-26(18)20(27)14-4-2-13(3-5-14)19-22-24-25-23-19/h2-7,10-11H,8-9H2,1H3,(H,22,23,24,25). The summed E-state index contributed by atoms with van der Waals surface area (Å²) in [6, 6.07) is 13.5. The fraction of sp³-hybridized carbons (Fsp3) is 0.150. The van der Waals surface area contributed by atoms with Crippen LogP contribution in [0.15, 0.2) is 47.8 Å². The lowest BCUT2D eigenvalue weighted by Gasteiger charge is -2.17. The SMILES string of the molecule is Cc1nc(-c2ccc3c(c2)CCN3C(=O)c2ccc(-c3nn[nH]n3)cc2)cs1. The molecule has 4 aromatic rings.